The van der Waals surface area contributed by atoms with E-state index in [0.717, 1.165) is 19.3 Å². The number of fused-ring (bicyclic) bond motifs is 2. The van der Waals surface area contributed by atoms with Crippen molar-refractivity contribution in [1.82, 2.24) is 0 Å². The van der Waals surface area contributed by atoms with Crippen LogP contribution in [-0.2, 0) is 4.74 Å². The molecule has 3 unspecified atom stereocenters. The molecule has 2 aliphatic carbocycles. The number of ether oxygens (including phenoxy) is 1. The smallest absolute Gasteiger partial charge is 0.402 e. The van der Waals surface area contributed by atoms with Crippen LogP contribution in [0.1, 0.15) is 39.0 Å². The van der Waals surface area contributed by atoms with Gasteiger partial charge in [0, 0.05) is 0 Å². The van der Waals surface area contributed by atoms with Crippen molar-refractivity contribution in [1.29, 1.82) is 0 Å². The molecule has 0 N–H and O–H groups in total. The molecule has 22 heavy (non-hydrogen) atoms. The first-order chi connectivity index (χ1) is 9.96. The Balaban J connectivity index is 0.000000541. The van der Waals surface area contributed by atoms with Crippen molar-refractivity contribution >= 4 is 0 Å². The quantitative estimate of drug-likeness (QED) is 0.474. The maximum atomic E-state index is 12.8. The van der Waals surface area contributed by atoms with E-state index in [1.54, 1.807) is 7.11 Å². The van der Waals surface area contributed by atoms with Gasteiger partial charge in [0.25, 0.3) is 0 Å². The number of rotatable bonds is 3. The van der Waals surface area contributed by atoms with Crippen LogP contribution >= 0.6 is 0 Å². The summed E-state index contributed by atoms with van der Waals surface area (Å²) in [5, 5.41) is 0. The third-order valence-electron chi connectivity index (χ3n) is 4.97. The summed E-state index contributed by atoms with van der Waals surface area (Å²) in [6.07, 6.45) is -6.78. The Kier molecular flexibility index (Phi) is 5.84. The van der Waals surface area contributed by atoms with Gasteiger partial charge in [-0.3, -0.25) is 0 Å². The van der Waals surface area contributed by atoms with Gasteiger partial charge in [-0.2, -0.15) is 26.3 Å². The van der Waals surface area contributed by atoms with E-state index >= 15 is 0 Å². The second-order valence-electron chi connectivity index (χ2n) is 6.37. The van der Waals surface area contributed by atoms with Gasteiger partial charge in [0.15, 0.2) is 5.41 Å². The van der Waals surface area contributed by atoms with Crippen LogP contribution in [0.4, 0.5) is 26.3 Å². The Morgan fingerprint density at radius 3 is 1.82 bits per heavy atom. The molecule has 2 rings (SSSR count). The second kappa shape index (κ2) is 6.71. The van der Waals surface area contributed by atoms with Crippen LogP contribution in [0.2, 0.25) is 0 Å². The van der Waals surface area contributed by atoms with Crippen LogP contribution in [0.5, 0.6) is 0 Å². The number of methoxy groups -OCH3 is 1. The van der Waals surface area contributed by atoms with Crippen molar-refractivity contribution in [2.45, 2.75) is 51.4 Å². The van der Waals surface area contributed by atoms with Crippen LogP contribution in [0.3, 0.4) is 0 Å². The molecule has 2 bridgehead atoms. The van der Waals surface area contributed by atoms with Crippen LogP contribution in [0.25, 0.3) is 0 Å². The fourth-order valence-corrected chi connectivity index (χ4v) is 3.54. The van der Waals surface area contributed by atoms with Gasteiger partial charge in [-0.15, -0.1) is 0 Å². The zero-order chi connectivity index (χ0) is 17.2. The van der Waals surface area contributed by atoms with Crippen molar-refractivity contribution in [3.8, 4) is 0 Å². The zero-order valence-corrected chi connectivity index (χ0v) is 12.7. The predicted molar refractivity (Wildman–Crippen MR) is 71.0 cm³/mol. The van der Waals surface area contributed by atoms with Gasteiger partial charge in [0.2, 0.25) is 0 Å². The minimum atomic E-state index is -5.23. The van der Waals surface area contributed by atoms with Gasteiger partial charge < -0.3 is 4.74 Å². The third kappa shape index (κ3) is 3.90. The van der Waals surface area contributed by atoms with E-state index < -0.39 is 30.1 Å². The minimum absolute atomic E-state index is 0.0685. The Bertz CT molecular complexity index is 359. The Morgan fingerprint density at radius 2 is 1.55 bits per heavy atom. The number of hydrogen-bond acceptors (Lipinski definition) is 1. The van der Waals surface area contributed by atoms with E-state index in [9.17, 15) is 26.3 Å². The van der Waals surface area contributed by atoms with Crippen molar-refractivity contribution < 1.29 is 31.1 Å². The molecular formula is C15H22F6O. The van der Waals surface area contributed by atoms with Crippen LogP contribution in [0, 0.1) is 23.2 Å². The lowest BCUT2D eigenvalue weighted by atomic mass is 9.74. The molecule has 130 valence electrons. The molecule has 0 aromatic carbocycles. The Morgan fingerprint density at radius 1 is 1.05 bits per heavy atom. The van der Waals surface area contributed by atoms with Gasteiger partial charge >= 0.3 is 12.4 Å². The fourth-order valence-electron chi connectivity index (χ4n) is 3.54. The first kappa shape index (κ1) is 19.2. The summed E-state index contributed by atoms with van der Waals surface area (Å²) in [4.78, 5) is 0. The highest BCUT2D eigenvalue weighted by Crippen LogP contribution is 2.59. The Hall–Kier alpha value is -0.880. The van der Waals surface area contributed by atoms with E-state index in [1.807, 2.05) is 0 Å². The summed E-state index contributed by atoms with van der Waals surface area (Å²) >= 11 is 0. The zero-order valence-electron chi connectivity index (χ0n) is 12.7. The summed E-state index contributed by atoms with van der Waals surface area (Å²) in [6.45, 7) is 3.56. The molecule has 2 fully saturated rings. The molecule has 1 nitrogen and oxygen atoms in total. The van der Waals surface area contributed by atoms with E-state index in [1.165, 1.54) is 6.26 Å². The molecule has 2 saturated carbocycles. The molecule has 0 aromatic rings. The lowest BCUT2D eigenvalue weighted by Crippen LogP contribution is -2.49. The monoisotopic (exact) mass is 332 g/mol. The largest absolute Gasteiger partial charge is 0.505 e. The van der Waals surface area contributed by atoms with E-state index in [4.69, 9.17) is 0 Å². The van der Waals surface area contributed by atoms with Crippen molar-refractivity contribution in [2.75, 3.05) is 7.11 Å². The average Bonchev–Trinajstić information content (AvgIpc) is 2.98. The predicted octanol–water partition coefficient (Wildman–Crippen LogP) is 5.72. The van der Waals surface area contributed by atoms with Crippen LogP contribution < -0.4 is 0 Å². The normalized spacial score (nSPS) is 28.1. The van der Waals surface area contributed by atoms with Gasteiger partial charge in [-0.05, 0) is 50.4 Å². The molecule has 0 aliphatic heterocycles. The molecule has 0 amide bonds. The average molecular weight is 332 g/mol. The van der Waals surface area contributed by atoms with Gasteiger partial charge in [-0.1, -0.05) is 13.0 Å². The molecule has 0 heterocycles. The third-order valence-corrected chi connectivity index (χ3v) is 4.97. The van der Waals surface area contributed by atoms with Crippen molar-refractivity contribution in [3.63, 3.8) is 0 Å². The lowest BCUT2D eigenvalue weighted by Gasteiger charge is -2.37. The summed E-state index contributed by atoms with van der Waals surface area (Å²) in [6, 6.07) is 0. The molecule has 0 spiro atoms. The molecule has 7 heteroatoms. The van der Waals surface area contributed by atoms with E-state index in [-0.39, 0.29) is 5.92 Å². The van der Waals surface area contributed by atoms with Crippen molar-refractivity contribution in [2.24, 2.45) is 23.2 Å². The molecule has 0 radical (unpaired) electrons. The van der Waals surface area contributed by atoms with Crippen LogP contribution in [0.15, 0.2) is 12.8 Å². The molecular weight excluding hydrogens is 310 g/mol. The van der Waals surface area contributed by atoms with Crippen molar-refractivity contribution in [3.05, 3.63) is 12.8 Å². The number of hydrogen-bond donors (Lipinski definition) is 0. The first-order valence-corrected chi connectivity index (χ1v) is 7.23. The van der Waals surface area contributed by atoms with Crippen LogP contribution in [-0.4, -0.2) is 19.5 Å². The summed E-state index contributed by atoms with van der Waals surface area (Å²) < 4.78 is 81.0. The molecule has 0 saturated heterocycles. The maximum absolute atomic E-state index is 12.8. The second-order valence-corrected chi connectivity index (χ2v) is 6.37. The fraction of sp³-hybridized carbons (Fsp3) is 0.867. The molecule has 0 aromatic heterocycles. The highest BCUT2D eigenvalue weighted by atomic mass is 19.4. The standard InChI is InChI=1S/C12H16F6.C3H6O/c1-10(11(13,14)15,12(16,17)18)6-9-5-7-2-3-8(9)4-7;1-3-4-2/h7-9H,2-6H2,1H3;3H,1H2,2H3. The molecule has 3 atom stereocenters. The summed E-state index contributed by atoms with van der Waals surface area (Å²) in [5.74, 6) is 0.00161. The first-order valence-electron chi connectivity index (χ1n) is 7.23. The Labute approximate surface area is 126 Å². The summed E-state index contributed by atoms with van der Waals surface area (Å²) in [7, 11) is 1.56. The highest BCUT2D eigenvalue weighted by molar-refractivity contribution is 4.97. The highest BCUT2D eigenvalue weighted by Gasteiger charge is 2.68. The van der Waals surface area contributed by atoms with E-state index in [2.05, 4.69) is 11.3 Å². The van der Waals surface area contributed by atoms with Gasteiger partial charge in [-0.25, -0.2) is 0 Å². The summed E-state index contributed by atoms with van der Waals surface area (Å²) in [5.41, 5.74) is -3.56. The van der Waals surface area contributed by atoms with Gasteiger partial charge in [0.1, 0.15) is 0 Å². The van der Waals surface area contributed by atoms with E-state index in [0.29, 0.717) is 19.3 Å². The number of alkyl halides is 6. The lowest BCUT2D eigenvalue weighted by molar-refractivity contribution is -0.340. The maximum Gasteiger partial charge on any atom is 0.402 e. The SMILES string of the molecule is C=COC.CC(CC1CC2CCC1C2)(C(F)(F)F)C(F)(F)F. The minimum Gasteiger partial charge on any atom is -0.505 e. The number of halogens is 6. The molecule has 2 aliphatic rings. The topological polar surface area (TPSA) is 9.23 Å². The van der Waals surface area contributed by atoms with Gasteiger partial charge in [0.05, 0.1) is 13.4 Å².